The van der Waals surface area contributed by atoms with Gasteiger partial charge in [0, 0.05) is 24.6 Å². The van der Waals surface area contributed by atoms with Gasteiger partial charge in [0.25, 0.3) is 0 Å². The molecule has 0 saturated heterocycles. The Morgan fingerprint density at radius 2 is 2.00 bits per heavy atom. The Bertz CT molecular complexity index is 599. The van der Waals surface area contributed by atoms with Crippen molar-refractivity contribution in [3.05, 3.63) is 53.3 Å². The van der Waals surface area contributed by atoms with Gasteiger partial charge in [-0.3, -0.25) is 4.68 Å². The molecule has 0 spiro atoms. The summed E-state index contributed by atoms with van der Waals surface area (Å²) in [5, 5.41) is 15.4. The fraction of sp³-hybridized carbons (Fsp3) is 0.500. The molecule has 3 heteroatoms. The lowest BCUT2D eigenvalue weighted by molar-refractivity contribution is 0.0273. The van der Waals surface area contributed by atoms with Crippen LogP contribution in [0.3, 0.4) is 0 Å². The van der Waals surface area contributed by atoms with Crippen LogP contribution in [0.2, 0.25) is 0 Å². The summed E-state index contributed by atoms with van der Waals surface area (Å²) in [5.41, 5.74) is 3.45. The molecule has 0 bridgehead atoms. The van der Waals surface area contributed by atoms with E-state index in [0.29, 0.717) is 6.42 Å². The third-order valence-electron chi connectivity index (χ3n) is 5.02. The molecule has 2 aromatic rings. The Balaban J connectivity index is 1.83. The van der Waals surface area contributed by atoms with Crippen molar-refractivity contribution in [3.8, 4) is 0 Å². The lowest BCUT2D eigenvalue weighted by atomic mass is 9.60. The Morgan fingerprint density at radius 1 is 1.29 bits per heavy atom. The number of aromatic nitrogens is 2. The number of aliphatic hydroxyl groups is 1. The number of hydrogen-bond donors (Lipinski definition) is 1. The fourth-order valence-corrected chi connectivity index (χ4v) is 3.47. The van der Waals surface area contributed by atoms with Gasteiger partial charge in [-0.15, -0.1) is 0 Å². The zero-order chi connectivity index (χ0) is 14.9. The van der Waals surface area contributed by atoms with E-state index in [-0.39, 0.29) is 11.5 Å². The third kappa shape index (κ3) is 2.51. The van der Waals surface area contributed by atoms with Crippen LogP contribution in [0.15, 0.2) is 36.4 Å². The van der Waals surface area contributed by atoms with Crippen LogP contribution in [0.25, 0.3) is 0 Å². The SMILES string of the molecule is CCc1cc(CC(O)C2(c3ccccc3)CCC2)n(C)n1. The zero-order valence-electron chi connectivity index (χ0n) is 12.9. The van der Waals surface area contributed by atoms with Crippen LogP contribution in [0.5, 0.6) is 0 Å². The molecular weight excluding hydrogens is 260 g/mol. The van der Waals surface area contributed by atoms with Gasteiger partial charge in [0.1, 0.15) is 0 Å². The quantitative estimate of drug-likeness (QED) is 0.916. The van der Waals surface area contributed by atoms with Gasteiger partial charge < -0.3 is 5.11 Å². The molecule has 1 atom stereocenters. The van der Waals surface area contributed by atoms with E-state index in [4.69, 9.17) is 0 Å². The summed E-state index contributed by atoms with van der Waals surface area (Å²) in [6.45, 7) is 2.11. The van der Waals surface area contributed by atoms with Crippen LogP contribution in [-0.2, 0) is 25.3 Å². The van der Waals surface area contributed by atoms with E-state index < -0.39 is 0 Å². The summed E-state index contributed by atoms with van der Waals surface area (Å²) in [6, 6.07) is 12.6. The summed E-state index contributed by atoms with van der Waals surface area (Å²) in [7, 11) is 1.97. The van der Waals surface area contributed by atoms with Crippen molar-refractivity contribution in [2.24, 2.45) is 7.05 Å². The molecule has 1 saturated carbocycles. The van der Waals surface area contributed by atoms with Gasteiger partial charge >= 0.3 is 0 Å². The van der Waals surface area contributed by atoms with Crippen molar-refractivity contribution in [2.45, 2.75) is 50.5 Å². The van der Waals surface area contributed by atoms with E-state index in [2.05, 4.69) is 42.4 Å². The van der Waals surface area contributed by atoms with Crippen LogP contribution >= 0.6 is 0 Å². The zero-order valence-corrected chi connectivity index (χ0v) is 12.9. The number of aliphatic hydroxyl groups excluding tert-OH is 1. The second-order valence-electron chi connectivity index (χ2n) is 6.20. The number of benzene rings is 1. The van der Waals surface area contributed by atoms with E-state index in [9.17, 15) is 5.11 Å². The van der Waals surface area contributed by atoms with E-state index in [0.717, 1.165) is 30.7 Å². The van der Waals surface area contributed by atoms with Gasteiger partial charge in [0.15, 0.2) is 0 Å². The number of rotatable bonds is 5. The highest BCUT2D eigenvalue weighted by atomic mass is 16.3. The van der Waals surface area contributed by atoms with Crippen molar-refractivity contribution in [3.63, 3.8) is 0 Å². The second kappa shape index (κ2) is 5.64. The van der Waals surface area contributed by atoms with Crippen molar-refractivity contribution >= 4 is 0 Å². The maximum atomic E-state index is 10.9. The molecule has 1 aromatic carbocycles. The third-order valence-corrected chi connectivity index (χ3v) is 5.02. The Kier molecular flexibility index (Phi) is 3.85. The molecule has 1 aliphatic rings. The van der Waals surface area contributed by atoms with Crippen molar-refractivity contribution in [1.82, 2.24) is 9.78 Å². The largest absolute Gasteiger partial charge is 0.392 e. The van der Waals surface area contributed by atoms with Crippen LogP contribution in [0.4, 0.5) is 0 Å². The molecule has 3 nitrogen and oxygen atoms in total. The lowest BCUT2D eigenvalue weighted by Gasteiger charge is -2.46. The average molecular weight is 284 g/mol. The number of hydrogen-bond acceptors (Lipinski definition) is 2. The molecule has 21 heavy (non-hydrogen) atoms. The van der Waals surface area contributed by atoms with Gasteiger partial charge in [-0.25, -0.2) is 0 Å². The van der Waals surface area contributed by atoms with Crippen LogP contribution < -0.4 is 0 Å². The first-order valence-corrected chi connectivity index (χ1v) is 7.91. The first-order chi connectivity index (χ1) is 10.2. The highest BCUT2D eigenvalue weighted by Gasteiger charge is 2.44. The number of nitrogens with zero attached hydrogens (tertiary/aromatic N) is 2. The maximum Gasteiger partial charge on any atom is 0.0691 e. The Labute approximate surface area is 126 Å². The molecule has 0 aliphatic heterocycles. The summed E-state index contributed by atoms with van der Waals surface area (Å²) >= 11 is 0. The van der Waals surface area contributed by atoms with Gasteiger partial charge in [0.05, 0.1) is 11.8 Å². The molecule has 0 amide bonds. The molecule has 1 fully saturated rings. The van der Waals surface area contributed by atoms with Crippen LogP contribution in [0, 0.1) is 0 Å². The smallest absolute Gasteiger partial charge is 0.0691 e. The van der Waals surface area contributed by atoms with E-state index in [1.165, 1.54) is 12.0 Å². The predicted octanol–water partition coefficient (Wildman–Crippen LogP) is 3.01. The minimum atomic E-state index is -0.339. The first kappa shape index (κ1) is 14.3. The van der Waals surface area contributed by atoms with Gasteiger partial charge in [-0.2, -0.15) is 5.10 Å². The molecule has 1 N–H and O–H groups in total. The minimum absolute atomic E-state index is 0.0576. The van der Waals surface area contributed by atoms with Gasteiger partial charge in [0.2, 0.25) is 0 Å². The van der Waals surface area contributed by atoms with Crippen molar-refractivity contribution in [1.29, 1.82) is 0 Å². The second-order valence-corrected chi connectivity index (χ2v) is 6.20. The highest BCUT2D eigenvalue weighted by Crippen LogP contribution is 2.47. The molecule has 1 aliphatic carbocycles. The van der Waals surface area contributed by atoms with Gasteiger partial charge in [-0.05, 0) is 30.9 Å². The van der Waals surface area contributed by atoms with Crippen molar-refractivity contribution < 1.29 is 5.11 Å². The molecule has 3 rings (SSSR count). The monoisotopic (exact) mass is 284 g/mol. The normalized spacial score (nSPS) is 18.2. The van der Waals surface area contributed by atoms with E-state index in [1.54, 1.807) is 0 Å². The molecule has 1 aromatic heterocycles. The predicted molar refractivity (Wildman–Crippen MR) is 84.3 cm³/mol. The Hall–Kier alpha value is -1.61. The fourth-order valence-electron chi connectivity index (χ4n) is 3.47. The lowest BCUT2D eigenvalue weighted by Crippen LogP contribution is -2.46. The van der Waals surface area contributed by atoms with E-state index >= 15 is 0 Å². The van der Waals surface area contributed by atoms with Crippen LogP contribution in [0.1, 0.15) is 43.1 Å². The standard InChI is InChI=1S/C18H24N2O/c1-3-15-12-16(20(2)19-15)13-17(21)18(10-7-11-18)14-8-5-4-6-9-14/h4-6,8-9,12,17,21H,3,7,10-11,13H2,1-2H3. The topological polar surface area (TPSA) is 38.0 Å². The minimum Gasteiger partial charge on any atom is -0.392 e. The Morgan fingerprint density at radius 3 is 2.52 bits per heavy atom. The molecule has 112 valence electrons. The molecule has 0 radical (unpaired) electrons. The molecule has 1 heterocycles. The molecule has 1 unspecified atom stereocenters. The summed E-state index contributed by atoms with van der Waals surface area (Å²) in [6.07, 6.45) is 4.64. The van der Waals surface area contributed by atoms with Gasteiger partial charge in [-0.1, -0.05) is 43.7 Å². The highest BCUT2D eigenvalue weighted by molar-refractivity contribution is 5.30. The van der Waals surface area contributed by atoms with Crippen molar-refractivity contribution in [2.75, 3.05) is 0 Å². The first-order valence-electron chi connectivity index (χ1n) is 7.91. The van der Waals surface area contributed by atoms with Crippen LogP contribution in [-0.4, -0.2) is 21.0 Å². The maximum absolute atomic E-state index is 10.9. The summed E-state index contributed by atoms with van der Waals surface area (Å²) in [5.74, 6) is 0. The summed E-state index contributed by atoms with van der Waals surface area (Å²) < 4.78 is 1.92. The summed E-state index contributed by atoms with van der Waals surface area (Å²) in [4.78, 5) is 0. The van der Waals surface area contributed by atoms with E-state index in [1.807, 2.05) is 17.8 Å². The molecular formula is C18H24N2O. The average Bonchev–Trinajstić information content (AvgIpc) is 2.79. The number of aryl methyl sites for hydroxylation is 2.